The lowest BCUT2D eigenvalue weighted by Crippen LogP contribution is -2.34. The molecule has 0 spiro atoms. The predicted molar refractivity (Wildman–Crippen MR) is 74.4 cm³/mol. The Morgan fingerprint density at radius 3 is 2.88 bits per heavy atom. The summed E-state index contributed by atoms with van der Waals surface area (Å²) in [5.74, 6) is 1.89. The number of thioether (sulfide) groups is 1. The number of hydrogen-bond donors (Lipinski definition) is 1. The maximum Gasteiger partial charge on any atom is 0.149 e. The highest BCUT2D eigenvalue weighted by Crippen LogP contribution is 2.20. The van der Waals surface area contributed by atoms with Gasteiger partial charge in [0.2, 0.25) is 0 Å². The van der Waals surface area contributed by atoms with E-state index in [9.17, 15) is 0 Å². The van der Waals surface area contributed by atoms with Gasteiger partial charge in [-0.1, -0.05) is 32.5 Å². The number of aromatic nitrogens is 1. The molecule has 0 bridgehead atoms. The number of thiazole rings is 1. The van der Waals surface area contributed by atoms with E-state index in [4.69, 9.17) is 0 Å². The topological polar surface area (TPSA) is 24.9 Å². The lowest BCUT2D eigenvalue weighted by atomic mass is 10.0. The maximum absolute atomic E-state index is 4.25. The smallest absolute Gasteiger partial charge is 0.149 e. The Morgan fingerprint density at radius 2 is 2.31 bits per heavy atom. The number of nitrogens with one attached hydrogen (secondary N) is 1. The first-order chi connectivity index (χ1) is 7.74. The van der Waals surface area contributed by atoms with Crippen molar-refractivity contribution in [2.75, 3.05) is 12.3 Å². The number of rotatable bonds is 8. The van der Waals surface area contributed by atoms with Crippen LogP contribution in [-0.4, -0.2) is 23.3 Å². The first-order valence-corrected chi connectivity index (χ1v) is 7.86. The summed E-state index contributed by atoms with van der Waals surface area (Å²) in [4.78, 5) is 4.25. The molecule has 0 fully saturated rings. The minimum absolute atomic E-state index is 0.671. The van der Waals surface area contributed by atoms with Crippen LogP contribution in [-0.2, 0) is 0 Å². The van der Waals surface area contributed by atoms with Crippen molar-refractivity contribution in [2.24, 2.45) is 5.92 Å². The molecule has 0 saturated carbocycles. The van der Waals surface area contributed by atoms with E-state index in [1.54, 1.807) is 11.3 Å². The maximum atomic E-state index is 4.25. The van der Waals surface area contributed by atoms with Crippen LogP contribution in [0.5, 0.6) is 0 Å². The van der Waals surface area contributed by atoms with Crippen molar-refractivity contribution < 1.29 is 0 Å². The van der Waals surface area contributed by atoms with Crippen molar-refractivity contribution in [2.45, 2.75) is 44.0 Å². The summed E-state index contributed by atoms with van der Waals surface area (Å²) < 4.78 is 1.19. The summed E-state index contributed by atoms with van der Waals surface area (Å²) in [6.45, 7) is 7.94. The summed E-state index contributed by atoms with van der Waals surface area (Å²) in [6, 6.07) is 0.671. The zero-order chi connectivity index (χ0) is 11.8. The van der Waals surface area contributed by atoms with Crippen LogP contribution in [0.4, 0.5) is 0 Å². The van der Waals surface area contributed by atoms with Gasteiger partial charge in [0, 0.05) is 23.4 Å². The third kappa shape index (κ3) is 5.32. The van der Waals surface area contributed by atoms with Gasteiger partial charge in [0.15, 0.2) is 0 Å². The summed E-state index contributed by atoms with van der Waals surface area (Å²) in [5, 5.41) is 5.65. The van der Waals surface area contributed by atoms with Gasteiger partial charge < -0.3 is 5.32 Å². The van der Waals surface area contributed by atoms with Gasteiger partial charge in [-0.05, 0) is 25.3 Å². The van der Waals surface area contributed by atoms with Crippen molar-refractivity contribution in [1.82, 2.24) is 10.3 Å². The molecule has 0 aromatic carbocycles. The molecule has 1 aromatic heterocycles. The molecule has 0 aliphatic carbocycles. The quantitative estimate of drug-likeness (QED) is 0.569. The average Bonchev–Trinajstić information content (AvgIpc) is 2.75. The molecule has 0 saturated heterocycles. The summed E-state index contributed by atoms with van der Waals surface area (Å²) >= 11 is 3.59. The van der Waals surface area contributed by atoms with Crippen LogP contribution >= 0.6 is 23.1 Å². The van der Waals surface area contributed by atoms with Crippen LogP contribution in [0.1, 0.15) is 33.6 Å². The molecule has 1 unspecified atom stereocenters. The first kappa shape index (κ1) is 14.0. The molecule has 1 atom stereocenters. The molecule has 0 aliphatic heterocycles. The molecule has 0 amide bonds. The fraction of sp³-hybridized carbons (Fsp3) is 0.750. The zero-order valence-corrected chi connectivity index (χ0v) is 12.0. The molecule has 92 valence electrons. The van der Waals surface area contributed by atoms with Gasteiger partial charge in [0.1, 0.15) is 4.34 Å². The summed E-state index contributed by atoms with van der Waals surface area (Å²) in [6.07, 6.45) is 4.31. The highest BCUT2D eigenvalue weighted by Gasteiger charge is 2.08. The van der Waals surface area contributed by atoms with Crippen molar-refractivity contribution in [3.05, 3.63) is 11.6 Å². The van der Waals surface area contributed by atoms with Gasteiger partial charge in [-0.15, -0.1) is 11.3 Å². The van der Waals surface area contributed by atoms with E-state index in [1.807, 2.05) is 23.3 Å². The second-order valence-corrected chi connectivity index (χ2v) is 6.45. The van der Waals surface area contributed by atoms with E-state index in [-0.39, 0.29) is 0 Å². The fourth-order valence-electron chi connectivity index (χ4n) is 1.65. The normalized spacial score (nSPS) is 13.2. The lowest BCUT2D eigenvalue weighted by Gasteiger charge is -2.20. The molecule has 1 N–H and O–H groups in total. The number of nitrogens with zero attached hydrogens (tertiary/aromatic N) is 1. The molecule has 0 aliphatic rings. The highest BCUT2D eigenvalue weighted by molar-refractivity contribution is 8.00. The largest absolute Gasteiger partial charge is 0.314 e. The lowest BCUT2D eigenvalue weighted by molar-refractivity contribution is 0.390. The molecule has 2 nitrogen and oxygen atoms in total. The predicted octanol–water partition coefficient (Wildman–Crippen LogP) is 3.65. The highest BCUT2D eigenvalue weighted by atomic mass is 32.2. The summed E-state index contributed by atoms with van der Waals surface area (Å²) in [7, 11) is 0. The Kier molecular flexibility index (Phi) is 7.08. The number of hydrogen-bond acceptors (Lipinski definition) is 4. The standard InChI is InChI=1S/C12H22N2S2/c1-4-11(10(2)3)13-6-5-8-15-12-14-7-9-16-12/h7,9-11,13H,4-6,8H2,1-3H3. The molecular weight excluding hydrogens is 236 g/mol. The minimum atomic E-state index is 0.671. The third-order valence-corrected chi connectivity index (χ3v) is 4.66. The second kappa shape index (κ2) is 8.09. The molecule has 1 heterocycles. The zero-order valence-electron chi connectivity index (χ0n) is 10.4. The van der Waals surface area contributed by atoms with Crippen LogP contribution < -0.4 is 5.32 Å². The fourth-order valence-corrected chi connectivity index (χ4v) is 3.30. The Bertz CT molecular complexity index is 260. The van der Waals surface area contributed by atoms with E-state index >= 15 is 0 Å². The molecular formula is C12H22N2S2. The molecule has 4 heteroatoms. The molecule has 0 radical (unpaired) electrons. The second-order valence-electron chi connectivity index (χ2n) is 4.21. The van der Waals surface area contributed by atoms with E-state index in [2.05, 4.69) is 31.1 Å². The Balaban J connectivity index is 2.03. The van der Waals surface area contributed by atoms with E-state index < -0.39 is 0 Å². The average molecular weight is 258 g/mol. The monoisotopic (exact) mass is 258 g/mol. The molecule has 16 heavy (non-hydrogen) atoms. The Hall–Kier alpha value is -0.0600. The van der Waals surface area contributed by atoms with Gasteiger partial charge >= 0.3 is 0 Å². The van der Waals surface area contributed by atoms with E-state index in [0.29, 0.717) is 6.04 Å². The summed E-state index contributed by atoms with van der Waals surface area (Å²) in [5.41, 5.74) is 0. The molecule has 1 aromatic rings. The minimum Gasteiger partial charge on any atom is -0.314 e. The van der Waals surface area contributed by atoms with Crippen molar-refractivity contribution in [1.29, 1.82) is 0 Å². The van der Waals surface area contributed by atoms with E-state index in [1.165, 1.54) is 17.2 Å². The van der Waals surface area contributed by atoms with Gasteiger partial charge in [0.25, 0.3) is 0 Å². The van der Waals surface area contributed by atoms with Crippen LogP contribution in [0.15, 0.2) is 15.9 Å². The van der Waals surface area contributed by atoms with Gasteiger partial charge in [-0.25, -0.2) is 4.98 Å². The van der Waals surface area contributed by atoms with E-state index in [0.717, 1.165) is 18.2 Å². The van der Waals surface area contributed by atoms with Crippen LogP contribution in [0.3, 0.4) is 0 Å². The van der Waals surface area contributed by atoms with Crippen LogP contribution in [0.2, 0.25) is 0 Å². The van der Waals surface area contributed by atoms with Crippen molar-refractivity contribution in [3.8, 4) is 0 Å². The van der Waals surface area contributed by atoms with Gasteiger partial charge in [-0.2, -0.15) is 0 Å². The third-order valence-electron chi connectivity index (χ3n) is 2.61. The van der Waals surface area contributed by atoms with Gasteiger partial charge in [-0.3, -0.25) is 0 Å². The van der Waals surface area contributed by atoms with Crippen LogP contribution in [0.25, 0.3) is 0 Å². The molecule has 1 rings (SSSR count). The first-order valence-electron chi connectivity index (χ1n) is 5.99. The van der Waals surface area contributed by atoms with Crippen LogP contribution in [0, 0.1) is 5.92 Å². The SMILES string of the molecule is CCC(NCCCSc1nccs1)C(C)C. The van der Waals surface area contributed by atoms with Crippen molar-refractivity contribution >= 4 is 23.1 Å². The van der Waals surface area contributed by atoms with Gasteiger partial charge in [0.05, 0.1) is 0 Å². The Morgan fingerprint density at radius 1 is 1.50 bits per heavy atom. The Labute approximate surface area is 107 Å². The van der Waals surface area contributed by atoms with Crippen molar-refractivity contribution in [3.63, 3.8) is 0 Å².